The Hall–Kier alpha value is -1.33. The molecule has 0 heterocycles. The highest BCUT2D eigenvalue weighted by atomic mass is 79.9. The molecule has 2 rings (SSSR count). The van der Waals surface area contributed by atoms with Crippen LogP contribution in [0.25, 0.3) is 0 Å². The monoisotopic (exact) mass is 329 g/mol. The largest absolute Gasteiger partial charge is 0.318 e. The Morgan fingerprint density at radius 2 is 1.74 bits per heavy atom. The van der Waals surface area contributed by atoms with Crippen molar-refractivity contribution in [3.63, 3.8) is 0 Å². The van der Waals surface area contributed by atoms with Gasteiger partial charge in [-0.25, -0.2) is 13.2 Å². The number of halogens is 4. The van der Waals surface area contributed by atoms with Crippen molar-refractivity contribution in [1.82, 2.24) is 0 Å². The summed E-state index contributed by atoms with van der Waals surface area (Å²) in [6.45, 7) is 1.55. The van der Waals surface area contributed by atoms with E-state index in [0.29, 0.717) is 5.56 Å². The number of benzene rings is 2. The topological polar surface area (TPSA) is 26.0 Å². The zero-order valence-electron chi connectivity index (χ0n) is 10.1. The first-order valence-corrected chi connectivity index (χ1v) is 6.32. The van der Waals surface area contributed by atoms with Crippen LogP contribution in [0.5, 0.6) is 0 Å². The molecule has 0 saturated heterocycles. The van der Waals surface area contributed by atoms with E-state index in [2.05, 4.69) is 15.9 Å². The third kappa shape index (κ3) is 2.53. The van der Waals surface area contributed by atoms with Crippen molar-refractivity contribution in [3.8, 4) is 0 Å². The molecule has 0 radical (unpaired) electrons. The first-order valence-electron chi connectivity index (χ1n) is 5.53. The van der Waals surface area contributed by atoms with Gasteiger partial charge < -0.3 is 5.73 Å². The lowest BCUT2D eigenvalue weighted by molar-refractivity contribution is 0.425. The molecule has 0 fully saturated rings. The van der Waals surface area contributed by atoms with E-state index in [1.165, 1.54) is 0 Å². The van der Waals surface area contributed by atoms with E-state index < -0.39 is 23.0 Å². The van der Waals surface area contributed by atoms with Crippen LogP contribution in [-0.2, 0) is 5.54 Å². The van der Waals surface area contributed by atoms with Gasteiger partial charge in [-0.3, -0.25) is 0 Å². The normalized spacial score (nSPS) is 14.2. The minimum absolute atomic E-state index is 0.0931. The summed E-state index contributed by atoms with van der Waals surface area (Å²) in [4.78, 5) is 0. The fourth-order valence-electron chi connectivity index (χ4n) is 1.89. The highest BCUT2D eigenvalue weighted by Crippen LogP contribution is 2.31. The van der Waals surface area contributed by atoms with Crippen LogP contribution in [0.1, 0.15) is 18.1 Å². The molecule has 2 N–H and O–H groups in total. The van der Waals surface area contributed by atoms with E-state index in [1.54, 1.807) is 31.2 Å². The highest BCUT2D eigenvalue weighted by Gasteiger charge is 2.29. The summed E-state index contributed by atoms with van der Waals surface area (Å²) >= 11 is 3.29. The third-order valence-corrected chi connectivity index (χ3v) is 3.51. The zero-order chi connectivity index (χ0) is 14.2. The van der Waals surface area contributed by atoms with E-state index in [-0.39, 0.29) is 5.56 Å². The Morgan fingerprint density at radius 3 is 2.37 bits per heavy atom. The first kappa shape index (κ1) is 14.1. The Labute approximate surface area is 117 Å². The van der Waals surface area contributed by atoms with E-state index in [0.717, 1.165) is 16.6 Å². The third-order valence-electron chi connectivity index (χ3n) is 3.02. The van der Waals surface area contributed by atoms with Crippen molar-refractivity contribution in [2.45, 2.75) is 12.5 Å². The molecule has 0 aliphatic rings. The molecule has 5 heteroatoms. The Bertz CT molecular complexity index is 626. The second kappa shape index (κ2) is 4.98. The summed E-state index contributed by atoms with van der Waals surface area (Å²) in [5.41, 5.74) is 5.33. The van der Waals surface area contributed by atoms with Gasteiger partial charge in [0.25, 0.3) is 0 Å². The zero-order valence-corrected chi connectivity index (χ0v) is 11.6. The van der Waals surface area contributed by atoms with Crippen LogP contribution in [0.2, 0.25) is 0 Å². The van der Waals surface area contributed by atoms with Crippen molar-refractivity contribution in [2.75, 3.05) is 0 Å². The van der Waals surface area contributed by atoms with Crippen LogP contribution in [0, 0.1) is 17.5 Å². The van der Waals surface area contributed by atoms with Crippen LogP contribution >= 0.6 is 15.9 Å². The number of rotatable bonds is 2. The number of hydrogen-bond donors (Lipinski definition) is 1. The summed E-state index contributed by atoms with van der Waals surface area (Å²) < 4.78 is 40.9. The van der Waals surface area contributed by atoms with Gasteiger partial charge >= 0.3 is 0 Å². The Balaban J connectivity index is 2.60. The van der Waals surface area contributed by atoms with Crippen molar-refractivity contribution in [1.29, 1.82) is 0 Å². The molecule has 1 atom stereocenters. The standard InChI is InChI=1S/C14H11BrF3N/c1-14(19,8-3-2-4-9(15)7-8)10-5-6-11(16)13(18)12(10)17/h2-7H,19H2,1H3. The number of nitrogens with two attached hydrogens (primary N) is 1. The average molecular weight is 330 g/mol. The molecule has 0 aromatic heterocycles. The van der Waals surface area contributed by atoms with Crippen molar-refractivity contribution >= 4 is 15.9 Å². The maximum atomic E-state index is 13.8. The smallest absolute Gasteiger partial charge is 0.194 e. The van der Waals surface area contributed by atoms with Crippen LogP contribution in [0.15, 0.2) is 40.9 Å². The molecular weight excluding hydrogens is 319 g/mol. The molecular formula is C14H11BrF3N. The maximum Gasteiger partial charge on any atom is 0.194 e. The fourth-order valence-corrected chi connectivity index (χ4v) is 2.29. The molecule has 1 nitrogen and oxygen atoms in total. The molecule has 0 spiro atoms. The maximum absolute atomic E-state index is 13.8. The summed E-state index contributed by atoms with van der Waals surface area (Å²) in [5.74, 6) is -4.00. The molecule has 1 unspecified atom stereocenters. The van der Waals surface area contributed by atoms with Crippen LogP contribution < -0.4 is 5.73 Å². The van der Waals surface area contributed by atoms with E-state index in [1.807, 2.05) is 0 Å². The molecule has 0 bridgehead atoms. The molecule has 100 valence electrons. The summed E-state index contributed by atoms with van der Waals surface area (Å²) in [6, 6.07) is 8.97. The fraction of sp³-hybridized carbons (Fsp3) is 0.143. The predicted molar refractivity (Wildman–Crippen MR) is 71.1 cm³/mol. The van der Waals surface area contributed by atoms with E-state index >= 15 is 0 Å². The molecule has 0 aliphatic heterocycles. The van der Waals surface area contributed by atoms with Gasteiger partial charge in [0, 0.05) is 10.0 Å². The summed E-state index contributed by atoms with van der Waals surface area (Å²) in [6.07, 6.45) is 0. The van der Waals surface area contributed by atoms with Gasteiger partial charge in [0.1, 0.15) is 0 Å². The second-order valence-corrected chi connectivity index (χ2v) is 5.35. The molecule has 2 aromatic rings. The van der Waals surface area contributed by atoms with E-state index in [9.17, 15) is 13.2 Å². The van der Waals surface area contributed by atoms with Crippen LogP contribution in [0.3, 0.4) is 0 Å². The van der Waals surface area contributed by atoms with Gasteiger partial charge in [0.2, 0.25) is 0 Å². The lowest BCUT2D eigenvalue weighted by Crippen LogP contribution is -2.35. The van der Waals surface area contributed by atoms with Gasteiger partial charge in [-0.15, -0.1) is 0 Å². The SMILES string of the molecule is CC(N)(c1cccc(Br)c1)c1ccc(F)c(F)c1F. The minimum atomic E-state index is -1.51. The van der Waals surface area contributed by atoms with E-state index in [4.69, 9.17) is 5.73 Å². The van der Waals surface area contributed by atoms with Gasteiger partial charge in [0.15, 0.2) is 17.5 Å². The van der Waals surface area contributed by atoms with Gasteiger partial charge in [-0.1, -0.05) is 34.1 Å². The van der Waals surface area contributed by atoms with Gasteiger partial charge in [-0.05, 0) is 30.7 Å². The Kier molecular flexibility index (Phi) is 3.69. The average Bonchev–Trinajstić information content (AvgIpc) is 2.36. The lowest BCUT2D eigenvalue weighted by Gasteiger charge is -2.26. The number of hydrogen-bond acceptors (Lipinski definition) is 1. The molecule has 0 saturated carbocycles. The predicted octanol–water partition coefficient (Wildman–Crippen LogP) is 4.09. The quantitative estimate of drug-likeness (QED) is 0.825. The van der Waals surface area contributed by atoms with Crippen molar-refractivity contribution in [2.24, 2.45) is 5.73 Å². The van der Waals surface area contributed by atoms with Crippen molar-refractivity contribution in [3.05, 3.63) is 69.4 Å². The molecule has 2 aromatic carbocycles. The van der Waals surface area contributed by atoms with Crippen molar-refractivity contribution < 1.29 is 13.2 Å². The Morgan fingerprint density at radius 1 is 1.05 bits per heavy atom. The lowest BCUT2D eigenvalue weighted by atomic mass is 9.85. The molecule has 0 aliphatic carbocycles. The minimum Gasteiger partial charge on any atom is -0.318 e. The van der Waals surface area contributed by atoms with Gasteiger partial charge in [0.05, 0.1) is 5.54 Å². The molecule has 19 heavy (non-hydrogen) atoms. The summed E-state index contributed by atoms with van der Waals surface area (Å²) in [5, 5.41) is 0. The van der Waals surface area contributed by atoms with Crippen LogP contribution in [-0.4, -0.2) is 0 Å². The summed E-state index contributed by atoms with van der Waals surface area (Å²) in [7, 11) is 0. The highest BCUT2D eigenvalue weighted by molar-refractivity contribution is 9.10. The molecule has 0 amide bonds. The first-order chi connectivity index (χ1) is 8.84. The van der Waals surface area contributed by atoms with Gasteiger partial charge in [-0.2, -0.15) is 0 Å². The second-order valence-electron chi connectivity index (χ2n) is 4.44. The van der Waals surface area contributed by atoms with Crippen LogP contribution in [0.4, 0.5) is 13.2 Å².